The van der Waals surface area contributed by atoms with Crippen LogP contribution >= 0.6 is 0 Å². The van der Waals surface area contributed by atoms with Crippen LogP contribution in [0.1, 0.15) is 49.0 Å². The summed E-state index contributed by atoms with van der Waals surface area (Å²) in [4.78, 5) is 0. The molecule has 18 heavy (non-hydrogen) atoms. The van der Waals surface area contributed by atoms with Gasteiger partial charge in [-0.05, 0) is 38.2 Å². The van der Waals surface area contributed by atoms with Crippen molar-refractivity contribution in [1.29, 1.82) is 0 Å². The minimum Gasteiger partial charge on any atom is -0.388 e. The Bertz CT molecular complexity index is 409. The predicted octanol–water partition coefficient (Wildman–Crippen LogP) is 3.10. The van der Waals surface area contributed by atoms with Gasteiger partial charge in [-0.2, -0.15) is 0 Å². The highest BCUT2D eigenvalue weighted by atomic mass is 16.3. The molecule has 1 aromatic carbocycles. The summed E-state index contributed by atoms with van der Waals surface area (Å²) in [6, 6.07) is 6.33. The highest BCUT2D eigenvalue weighted by molar-refractivity contribution is 5.31. The van der Waals surface area contributed by atoms with Crippen molar-refractivity contribution in [3.63, 3.8) is 0 Å². The molecule has 2 nitrogen and oxygen atoms in total. The minimum atomic E-state index is -0.425. The molecule has 3 atom stereocenters. The lowest BCUT2D eigenvalue weighted by Crippen LogP contribution is -2.34. The molecule has 0 radical (unpaired) electrons. The molecule has 0 spiro atoms. The molecule has 1 saturated carbocycles. The largest absolute Gasteiger partial charge is 0.388 e. The predicted molar refractivity (Wildman–Crippen MR) is 75.4 cm³/mol. The highest BCUT2D eigenvalue weighted by Crippen LogP contribution is 2.49. The average Bonchev–Trinajstić information content (AvgIpc) is 2.70. The fraction of sp³-hybridized carbons (Fsp3) is 0.625. The maximum atomic E-state index is 10.8. The number of nitrogens with two attached hydrogens (primary N) is 1. The summed E-state index contributed by atoms with van der Waals surface area (Å²) in [5.74, 6) is 0.675. The van der Waals surface area contributed by atoms with Crippen LogP contribution < -0.4 is 5.73 Å². The van der Waals surface area contributed by atoms with Gasteiger partial charge in [-0.1, -0.05) is 42.7 Å². The molecule has 0 aromatic heterocycles. The van der Waals surface area contributed by atoms with Crippen molar-refractivity contribution in [3.8, 4) is 0 Å². The van der Waals surface area contributed by atoms with Gasteiger partial charge < -0.3 is 10.8 Å². The molecule has 100 valence electrons. The summed E-state index contributed by atoms with van der Waals surface area (Å²) in [5, 5.41) is 10.8. The number of aryl methyl sites for hydroxylation is 2. The van der Waals surface area contributed by atoms with Gasteiger partial charge in [0, 0.05) is 12.0 Å². The molecule has 1 aliphatic rings. The number of hydrogen-bond donors (Lipinski definition) is 2. The van der Waals surface area contributed by atoms with Gasteiger partial charge in [0.25, 0.3) is 0 Å². The van der Waals surface area contributed by atoms with Crippen molar-refractivity contribution in [2.24, 2.45) is 17.1 Å². The monoisotopic (exact) mass is 247 g/mol. The molecule has 3 N–H and O–H groups in total. The van der Waals surface area contributed by atoms with Crippen molar-refractivity contribution < 1.29 is 5.11 Å². The molecule has 1 aromatic rings. The van der Waals surface area contributed by atoms with Gasteiger partial charge >= 0.3 is 0 Å². The van der Waals surface area contributed by atoms with Gasteiger partial charge in [-0.15, -0.1) is 0 Å². The first kappa shape index (κ1) is 13.6. The van der Waals surface area contributed by atoms with Crippen LogP contribution in [0.3, 0.4) is 0 Å². The first-order valence-electron chi connectivity index (χ1n) is 6.93. The summed E-state index contributed by atoms with van der Waals surface area (Å²) in [6.45, 7) is 6.99. The smallest absolute Gasteiger partial charge is 0.0858 e. The Balaban J connectivity index is 2.31. The summed E-state index contributed by atoms with van der Waals surface area (Å²) >= 11 is 0. The van der Waals surface area contributed by atoms with Crippen LogP contribution in [0.5, 0.6) is 0 Å². The summed E-state index contributed by atoms with van der Waals surface area (Å²) in [6.07, 6.45) is 2.83. The van der Waals surface area contributed by atoms with Crippen molar-refractivity contribution >= 4 is 0 Å². The summed E-state index contributed by atoms with van der Waals surface area (Å²) < 4.78 is 0. The molecule has 3 unspecified atom stereocenters. The molecule has 0 saturated heterocycles. The van der Waals surface area contributed by atoms with E-state index in [1.807, 2.05) is 0 Å². The molecule has 2 rings (SSSR count). The fourth-order valence-corrected chi connectivity index (χ4v) is 3.50. The Morgan fingerprint density at radius 2 is 1.94 bits per heavy atom. The fourth-order valence-electron chi connectivity index (χ4n) is 3.50. The van der Waals surface area contributed by atoms with E-state index in [9.17, 15) is 5.11 Å². The lowest BCUT2D eigenvalue weighted by molar-refractivity contribution is 0.0307. The van der Waals surface area contributed by atoms with Gasteiger partial charge in [0.2, 0.25) is 0 Å². The van der Waals surface area contributed by atoms with Gasteiger partial charge in [-0.3, -0.25) is 0 Å². The second kappa shape index (κ2) is 5.02. The zero-order valence-electron chi connectivity index (χ0n) is 11.7. The molecule has 1 aliphatic carbocycles. The van der Waals surface area contributed by atoms with Crippen LogP contribution in [0.2, 0.25) is 0 Å². The Kier molecular flexibility index (Phi) is 3.79. The topological polar surface area (TPSA) is 46.2 Å². The second-order valence-corrected chi connectivity index (χ2v) is 6.24. The van der Waals surface area contributed by atoms with E-state index in [2.05, 4.69) is 39.0 Å². The first-order chi connectivity index (χ1) is 8.47. The SMILES string of the molecule is Cc1cc(C)cc(C(O)C2(CN)CCC(C)C2)c1. The maximum absolute atomic E-state index is 10.8. The van der Waals surface area contributed by atoms with Gasteiger partial charge in [0.15, 0.2) is 0 Å². The third-order valence-corrected chi connectivity index (χ3v) is 4.44. The van der Waals surface area contributed by atoms with E-state index in [1.54, 1.807) is 0 Å². The first-order valence-corrected chi connectivity index (χ1v) is 6.93. The molecule has 1 fully saturated rings. The average molecular weight is 247 g/mol. The van der Waals surface area contributed by atoms with E-state index >= 15 is 0 Å². The third-order valence-electron chi connectivity index (χ3n) is 4.44. The quantitative estimate of drug-likeness (QED) is 0.862. The molecule has 0 aliphatic heterocycles. The normalized spacial score (nSPS) is 29.5. The van der Waals surface area contributed by atoms with E-state index in [1.165, 1.54) is 17.5 Å². The third kappa shape index (κ3) is 2.45. The van der Waals surface area contributed by atoms with E-state index in [0.717, 1.165) is 18.4 Å². The highest BCUT2D eigenvalue weighted by Gasteiger charge is 2.42. The molecule has 2 heteroatoms. The lowest BCUT2D eigenvalue weighted by atomic mass is 9.76. The van der Waals surface area contributed by atoms with Crippen LogP contribution in [0.4, 0.5) is 0 Å². The Labute approximate surface area is 110 Å². The minimum absolute atomic E-state index is 0.111. The van der Waals surface area contributed by atoms with E-state index in [-0.39, 0.29) is 5.41 Å². The number of hydrogen-bond acceptors (Lipinski definition) is 2. The summed E-state index contributed by atoms with van der Waals surface area (Å²) in [7, 11) is 0. The Hall–Kier alpha value is -0.860. The van der Waals surface area contributed by atoms with Crippen LogP contribution in [-0.2, 0) is 0 Å². The van der Waals surface area contributed by atoms with Gasteiger partial charge in [0.1, 0.15) is 0 Å². The van der Waals surface area contributed by atoms with Crippen molar-refractivity contribution in [3.05, 3.63) is 34.9 Å². The number of aliphatic hydroxyl groups excluding tert-OH is 1. The van der Waals surface area contributed by atoms with Crippen molar-refractivity contribution in [2.75, 3.05) is 6.54 Å². The Morgan fingerprint density at radius 1 is 1.33 bits per heavy atom. The van der Waals surface area contributed by atoms with E-state index < -0.39 is 6.10 Å². The molecule has 0 amide bonds. The van der Waals surface area contributed by atoms with Crippen molar-refractivity contribution in [2.45, 2.75) is 46.1 Å². The molecule has 0 heterocycles. The standard InChI is InChI=1S/C16H25NO/c1-11-4-5-16(9-11,10-17)15(18)14-7-12(2)6-13(3)8-14/h6-8,11,15,18H,4-5,9-10,17H2,1-3H3. The van der Waals surface area contributed by atoms with Gasteiger partial charge in [0.05, 0.1) is 6.10 Å². The van der Waals surface area contributed by atoms with E-state index in [0.29, 0.717) is 12.5 Å². The van der Waals surface area contributed by atoms with Crippen LogP contribution in [-0.4, -0.2) is 11.7 Å². The van der Waals surface area contributed by atoms with Crippen LogP contribution in [0, 0.1) is 25.2 Å². The zero-order valence-corrected chi connectivity index (χ0v) is 11.7. The molecular weight excluding hydrogens is 222 g/mol. The van der Waals surface area contributed by atoms with E-state index in [4.69, 9.17) is 5.73 Å². The molecule has 0 bridgehead atoms. The Morgan fingerprint density at radius 3 is 2.39 bits per heavy atom. The summed E-state index contributed by atoms with van der Waals surface area (Å²) in [5.41, 5.74) is 9.33. The molecular formula is C16H25NO. The lowest BCUT2D eigenvalue weighted by Gasteiger charge is -2.34. The second-order valence-electron chi connectivity index (χ2n) is 6.24. The van der Waals surface area contributed by atoms with Gasteiger partial charge in [-0.25, -0.2) is 0 Å². The number of aliphatic hydroxyl groups is 1. The van der Waals surface area contributed by atoms with Crippen LogP contribution in [0.25, 0.3) is 0 Å². The van der Waals surface area contributed by atoms with Crippen molar-refractivity contribution in [1.82, 2.24) is 0 Å². The van der Waals surface area contributed by atoms with Crippen LogP contribution in [0.15, 0.2) is 18.2 Å². The maximum Gasteiger partial charge on any atom is 0.0858 e. The zero-order chi connectivity index (χ0) is 13.3. The number of rotatable bonds is 3. The number of benzene rings is 1.